The van der Waals surface area contributed by atoms with Crippen LogP contribution in [0.3, 0.4) is 0 Å². The maximum atomic E-state index is 13.9. The lowest BCUT2D eigenvalue weighted by Gasteiger charge is -2.36. The van der Waals surface area contributed by atoms with Gasteiger partial charge in [-0.1, -0.05) is 26.0 Å². The van der Waals surface area contributed by atoms with Crippen molar-refractivity contribution in [1.29, 1.82) is 0 Å². The second-order valence-electron chi connectivity index (χ2n) is 8.51. The Hall–Kier alpha value is -3.13. The Balaban J connectivity index is 1.69. The van der Waals surface area contributed by atoms with Crippen LogP contribution in [0.5, 0.6) is 11.5 Å². The quantitative estimate of drug-likeness (QED) is 0.588. The molecule has 1 saturated heterocycles. The fraction of sp³-hybridized carbons (Fsp3) is 0.440. The summed E-state index contributed by atoms with van der Waals surface area (Å²) in [6.07, 6.45) is 1.66. The predicted octanol–water partition coefficient (Wildman–Crippen LogP) is 3.77. The maximum absolute atomic E-state index is 13.9. The van der Waals surface area contributed by atoms with Crippen molar-refractivity contribution in [3.05, 3.63) is 59.4 Å². The molecule has 1 heterocycles. The van der Waals surface area contributed by atoms with Gasteiger partial charge in [-0.3, -0.25) is 20.4 Å². The maximum Gasteiger partial charge on any atom is 0.269 e. The van der Waals surface area contributed by atoms with Crippen molar-refractivity contribution in [1.82, 2.24) is 10.9 Å². The number of hydrogen-bond donors (Lipinski definition) is 2. The van der Waals surface area contributed by atoms with Gasteiger partial charge in [-0.15, -0.1) is 0 Å². The molecule has 7 nitrogen and oxygen atoms in total. The van der Waals surface area contributed by atoms with Crippen molar-refractivity contribution in [2.45, 2.75) is 38.5 Å². The number of carbonyl (C=O) groups excluding carboxylic acids is 2. The van der Waals surface area contributed by atoms with E-state index in [2.05, 4.69) is 24.7 Å². The van der Waals surface area contributed by atoms with Crippen LogP contribution in [-0.2, 0) is 14.9 Å². The smallest absolute Gasteiger partial charge is 0.269 e. The highest BCUT2D eigenvalue weighted by Crippen LogP contribution is 2.35. The minimum Gasteiger partial charge on any atom is -0.493 e. The van der Waals surface area contributed by atoms with E-state index in [0.29, 0.717) is 61.2 Å². The van der Waals surface area contributed by atoms with Crippen LogP contribution in [-0.4, -0.2) is 38.7 Å². The lowest BCUT2D eigenvalue weighted by molar-refractivity contribution is -0.131. The highest BCUT2D eigenvalue weighted by atomic mass is 19.1. The summed E-state index contributed by atoms with van der Waals surface area (Å²) in [5.74, 6) is 0.153. The van der Waals surface area contributed by atoms with Gasteiger partial charge >= 0.3 is 0 Å². The van der Waals surface area contributed by atoms with Gasteiger partial charge in [-0.2, -0.15) is 0 Å². The summed E-state index contributed by atoms with van der Waals surface area (Å²) < 4.78 is 30.4. The van der Waals surface area contributed by atoms with Gasteiger partial charge in [0.2, 0.25) is 5.91 Å². The molecule has 0 unspecified atom stereocenters. The molecular weight excluding hydrogens is 427 g/mol. The Morgan fingerprint density at radius 2 is 1.85 bits per heavy atom. The molecule has 178 valence electrons. The van der Waals surface area contributed by atoms with Gasteiger partial charge in [-0.25, -0.2) is 4.39 Å². The van der Waals surface area contributed by atoms with E-state index in [-0.39, 0.29) is 0 Å². The summed E-state index contributed by atoms with van der Waals surface area (Å²) in [5, 5.41) is 0. The molecule has 2 aromatic carbocycles. The van der Waals surface area contributed by atoms with Crippen LogP contribution in [0.15, 0.2) is 42.5 Å². The summed E-state index contributed by atoms with van der Waals surface area (Å²) >= 11 is 0. The van der Waals surface area contributed by atoms with Gasteiger partial charge in [0.1, 0.15) is 5.82 Å². The number of carbonyl (C=O) groups is 2. The monoisotopic (exact) mass is 458 g/mol. The Kier molecular flexibility index (Phi) is 8.27. The van der Waals surface area contributed by atoms with Gasteiger partial charge in [0.05, 0.1) is 19.1 Å². The van der Waals surface area contributed by atoms with Crippen LogP contribution >= 0.6 is 0 Å². The summed E-state index contributed by atoms with van der Waals surface area (Å²) in [6.45, 7) is 5.50. The molecule has 0 saturated carbocycles. The second-order valence-corrected chi connectivity index (χ2v) is 8.51. The molecule has 0 aromatic heterocycles. The number of benzene rings is 2. The average Bonchev–Trinajstić information content (AvgIpc) is 2.82. The first-order valence-electron chi connectivity index (χ1n) is 11.1. The number of halogens is 1. The first-order chi connectivity index (χ1) is 15.9. The largest absolute Gasteiger partial charge is 0.493 e. The SMILES string of the molecule is COc1cc(C(=O)NNC(=O)C2(c3cccc(F)c3)CCOCC2)ccc1OCCC(C)C. The molecule has 0 aliphatic carbocycles. The molecule has 2 aromatic rings. The summed E-state index contributed by atoms with van der Waals surface area (Å²) in [6, 6.07) is 10.8. The average molecular weight is 459 g/mol. The number of hydrazine groups is 1. The van der Waals surface area contributed by atoms with Crippen molar-refractivity contribution in [3.8, 4) is 11.5 Å². The highest BCUT2D eigenvalue weighted by molar-refractivity contribution is 5.97. The molecule has 0 bridgehead atoms. The molecule has 8 heteroatoms. The number of hydrogen-bond acceptors (Lipinski definition) is 5. The van der Waals surface area contributed by atoms with E-state index < -0.39 is 23.0 Å². The van der Waals surface area contributed by atoms with Crippen LogP contribution in [0.4, 0.5) is 4.39 Å². The van der Waals surface area contributed by atoms with Crippen LogP contribution in [0, 0.1) is 11.7 Å². The van der Waals surface area contributed by atoms with E-state index in [0.717, 1.165) is 6.42 Å². The van der Waals surface area contributed by atoms with E-state index in [1.54, 1.807) is 30.3 Å². The van der Waals surface area contributed by atoms with E-state index in [9.17, 15) is 14.0 Å². The Bertz CT molecular complexity index is 973. The van der Waals surface area contributed by atoms with E-state index in [1.807, 2.05) is 0 Å². The lowest BCUT2D eigenvalue weighted by Crippen LogP contribution is -2.53. The lowest BCUT2D eigenvalue weighted by atomic mass is 9.73. The number of rotatable bonds is 8. The van der Waals surface area contributed by atoms with Gasteiger partial charge in [0.25, 0.3) is 5.91 Å². The number of methoxy groups -OCH3 is 1. The van der Waals surface area contributed by atoms with Crippen molar-refractivity contribution in [2.75, 3.05) is 26.9 Å². The van der Waals surface area contributed by atoms with Crippen molar-refractivity contribution in [2.24, 2.45) is 5.92 Å². The molecule has 1 aliphatic heterocycles. The molecular formula is C25H31FN2O5. The number of nitrogens with one attached hydrogen (secondary N) is 2. The van der Waals surface area contributed by atoms with Gasteiger partial charge < -0.3 is 14.2 Å². The molecule has 0 radical (unpaired) electrons. The molecule has 3 rings (SSSR count). The number of ether oxygens (including phenoxy) is 3. The summed E-state index contributed by atoms with van der Waals surface area (Å²) in [5.41, 5.74) is 4.86. The predicted molar refractivity (Wildman–Crippen MR) is 122 cm³/mol. The van der Waals surface area contributed by atoms with Crippen LogP contribution in [0.2, 0.25) is 0 Å². The molecule has 1 aliphatic rings. The second kappa shape index (κ2) is 11.1. The Morgan fingerprint density at radius 3 is 2.52 bits per heavy atom. The minimum atomic E-state index is -0.987. The molecule has 2 amide bonds. The minimum absolute atomic E-state index is 0.301. The fourth-order valence-corrected chi connectivity index (χ4v) is 3.79. The fourth-order valence-electron chi connectivity index (χ4n) is 3.79. The van der Waals surface area contributed by atoms with Crippen molar-refractivity contribution < 1.29 is 28.2 Å². The third kappa shape index (κ3) is 6.01. The topological polar surface area (TPSA) is 85.9 Å². The normalized spacial score (nSPS) is 15.1. The number of amides is 2. The Labute approximate surface area is 193 Å². The molecule has 1 fully saturated rings. The van der Waals surface area contributed by atoms with Gasteiger partial charge in [0, 0.05) is 18.8 Å². The van der Waals surface area contributed by atoms with E-state index in [1.165, 1.54) is 19.2 Å². The molecule has 0 spiro atoms. The molecule has 0 atom stereocenters. The van der Waals surface area contributed by atoms with E-state index >= 15 is 0 Å². The zero-order chi connectivity index (χ0) is 23.8. The summed E-state index contributed by atoms with van der Waals surface area (Å²) in [4.78, 5) is 25.9. The van der Waals surface area contributed by atoms with Gasteiger partial charge in [-0.05, 0) is 61.1 Å². The van der Waals surface area contributed by atoms with Crippen LogP contribution in [0.1, 0.15) is 49.0 Å². The van der Waals surface area contributed by atoms with Crippen molar-refractivity contribution in [3.63, 3.8) is 0 Å². The van der Waals surface area contributed by atoms with Crippen molar-refractivity contribution >= 4 is 11.8 Å². The zero-order valence-corrected chi connectivity index (χ0v) is 19.3. The standard InChI is InChI=1S/C25H31FN2O5/c1-17(2)9-12-33-21-8-7-18(15-22(21)31-3)23(29)27-28-24(30)25(10-13-32-14-11-25)19-5-4-6-20(26)16-19/h4-8,15-17H,9-14H2,1-3H3,(H,27,29)(H,28,30). The Morgan fingerprint density at radius 1 is 1.09 bits per heavy atom. The highest BCUT2D eigenvalue weighted by Gasteiger charge is 2.42. The van der Waals surface area contributed by atoms with E-state index in [4.69, 9.17) is 14.2 Å². The van der Waals surface area contributed by atoms with Gasteiger partial charge in [0.15, 0.2) is 11.5 Å². The summed E-state index contributed by atoms with van der Waals surface area (Å²) in [7, 11) is 1.50. The third-order valence-corrected chi connectivity index (χ3v) is 5.83. The third-order valence-electron chi connectivity index (χ3n) is 5.83. The first-order valence-corrected chi connectivity index (χ1v) is 11.1. The van der Waals surface area contributed by atoms with Crippen LogP contribution in [0.25, 0.3) is 0 Å². The molecule has 33 heavy (non-hydrogen) atoms. The zero-order valence-electron chi connectivity index (χ0n) is 19.3. The molecule has 2 N–H and O–H groups in total. The van der Waals surface area contributed by atoms with Crippen LogP contribution < -0.4 is 20.3 Å². The first kappa shape index (κ1) is 24.5.